The first-order chi connectivity index (χ1) is 21.7. The number of hydrogen-bond donors (Lipinski definition) is 2. The lowest BCUT2D eigenvalue weighted by Crippen LogP contribution is -2.44. The van der Waals surface area contributed by atoms with Gasteiger partial charge in [-0.05, 0) is 90.7 Å². The van der Waals surface area contributed by atoms with E-state index in [0.29, 0.717) is 16.7 Å². The molecule has 1 fully saturated rings. The Hall–Kier alpha value is -4.50. The number of fused-ring (bicyclic) bond motifs is 3. The number of pyridine rings is 1. The largest absolute Gasteiger partial charge is 0.484 e. The zero-order chi connectivity index (χ0) is 31.4. The van der Waals surface area contributed by atoms with Crippen LogP contribution in [-0.2, 0) is 11.2 Å². The summed E-state index contributed by atoms with van der Waals surface area (Å²) >= 11 is 0. The maximum Gasteiger partial charge on any atom is 0.484 e. The third-order valence-corrected chi connectivity index (χ3v) is 8.74. The van der Waals surface area contributed by atoms with Gasteiger partial charge in [0, 0.05) is 36.5 Å². The Morgan fingerprint density at radius 3 is 2.31 bits per heavy atom. The van der Waals surface area contributed by atoms with Gasteiger partial charge in [-0.2, -0.15) is 13.2 Å². The zero-order valence-corrected chi connectivity index (χ0v) is 24.8. The van der Waals surface area contributed by atoms with Crippen molar-refractivity contribution in [3.63, 3.8) is 0 Å². The summed E-state index contributed by atoms with van der Waals surface area (Å²) in [6, 6.07) is 26.4. The fourth-order valence-corrected chi connectivity index (χ4v) is 6.46. The summed E-state index contributed by atoms with van der Waals surface area (Å²) in [4.78, 5) is 32.2. The predicted molar refractivity (Wildman–Crippen MR) is 167 cm³/mol. The Balaban J connectivity index is 0.956. The maximum absolute atomic E-state index is 12.9. The van der Waals surface area contributed by atoms with Crippen LogP contribution in [0.1, 0.15) is 58.6 Å². The van der Waals surface area contributed by atoms with Gasteiger partial charge in [0.25, 0.3) is 5.91 Å². The summed E-state index contributed by atoms with van der Waals surface area (Å²) in [5.41, 5.74) is 6.46. The lowest BCUT2D eigenvalue weighted by Gasteiger charge is -2.32. The molecule has 1 unspecified atom stereocenters. The molecule has 45 heavy (non-hydrogen) atoms. The number of hydrogen-bond acceptors (Lipinski definition) is 4. The molecule has 1 aliphatic heterocycles. The van der Waals surface area contributed by atoms with Gasteiger partial charge in [-0.3, -0.25) is 19.9 Å². The number of rotatable bonds is 9. The van der Waals surface area contributed by atoms with Gasteiger partial charge in [-0.25, -0.2) is 0 Å². The maximum atomic E-state index is 12.9. The van der Waals surface area contributed by atoms with E-state index < -0.39 is 18.1 Å². The first-order valence-electron chi connectivity index (χ1n) is 15.4. The van der Waals surface area contributed by atoms with Crippen LogP contribution < -0.4 is 10.6 Å². The summed E-state index contributed by atoms with van der Waals surface area (Å²) < 4.78 is 38.8. The first kappa shape index (κ1) is 30.5. The average Bonchev–Trinajstić information content (AvgIpc) is 3.37. The second-order valence-corrected chi connectivity index (χ2v) is 11.8. The molecule has 1 aromatic heterocycles. The van der Waals surface area contributed by atoms with Gasteiger partial charge in [0.05, 0.1) is 11.6 Å². The smallest absolute Gasteiger partial charge is 0.349 e. The Morgan fingerprint density at radius 1 is 0.844 bits per heavy atom. The van der Waals surface area contributed by atoms with Crippen molar-refractivity contribution in [2.45, 2.75) is 50.4 Å². The van der Waals surface area contributed by atoms with E-state index in [4.69, 9.17) is 0 Å². The first-order valence-corrected chi connectivity index (χ1v) is 15.4. The quantitative estimate of drug-likeness (QED) is 0.163. The van der Waals surface area contributed by atoms with Crippen molar-refractivity contribution in [1.82, 2.24) is 20.5 Å². The summed E-state index contributed by atoms with van der Waals surface area (Å²) in [6.45, 7) is 2.84. The van der Waals surface area contributed by atoms with Crippen LogP contribution in [0.5, 0.6) is 0 Å². The van der Waals surface area contributed by atoms with Crippen molar-refractivity contribution in [3.8, 4) is 22.4 Å². The topological polar surface area (TPSA) is 74.3 Å². The van der Waals surface area contributed by atoms with Crippen LogP contribution in [0.2, 0.25) is 0 Å². The van der Waals surface area contributed by atoms with Gasteiger partial charge in [0.15, 0.2) is 0 Å². The Labute approximate surface area is 260 Å². The second kappa shape index (κ2) is 13.2. The van der Waals surface area contributed by atoms with Crippen LogP contribution in [0.4, 0.5) is 13.2 Å². The molecule has 1 atom stereocenters. The van der Waals surface area contributed by atoms with Crippen LogP contribution in [0, 0.1) is 0 Å². The summed E-state index contributed by atoms with van der Waals surface area (Å²) in [5, 5.41) is 4.38. The highest BCUT2D eigenvalue weighted by atomic mass is 19.4. The summed E-state index contributed by atoms with van der Waals surface area (Å²) in [7, 11) is 0. The van der Waals surface area contributed by atoms with E-state index >= 15 is 0 Å². The minimum Gasteiger partial charge on any atom is -0.349 e. The number of benzene rings is 3. The van der Waals surface area contributed by atoms with Gasteiger partial charge in [0.2, 0.25) is 5.91 Å². The van der Waals surface area contributed by atoms with E-state index in [2.05, 4.69) is 15.2 Å². The summed E-state index contributed by atoms with van der Waals surface area (Å²) in [6.07, 6.45) is 1.64. The molecule has 6 nitrogen and oxygen atoms in total. The number of nitrogens with zero attached hydrogens (tertiary/aromatic N) is 2. The van der Waals surface area contributed by atoms with Gasteiger partial charge in [-0.1, -0.05) is 60.7 Å². The molecule has 2 aliphatic rings. The molecule has 3 aromatic carbocycles. The van der Waals surface area contributed by atoms with E-state index in [1.807, 2.05) is 66.7 Å². The van der Waals surface area contributed by atoms with Crippen LogP contribution >= 0.6 is 0 Å². The number of likely N-dealkylation sites (tertiary alicyclic amines) is 1. The monoisotopic (exact) mass is 612 g/mol. The number of nitrogens with one attached hydrogen (secondary N) is 2. The zero-order valence-electron chi connectivity index (χ0n) is 24.8. The number of halogens is 3. The van der Waals surface area contributed by atoms with Crippen molar-refractivity contribution in [2.24, 2.45) is 0 Å². The Kier molecular flexibility index (Phi) is 8.98. The molecule has 0 saturated carbocycles. The molecule has 0 radical (unpaired) electrons. The number of unbranched alkanes of at least 4 members (excludes halogenated alkanes) is 1. The highest BCUT2D eigenvalue weighted by Gasteiger charge is 2.39. The van der Waals surface area contributed by atoms with Crippen molar-refractivity contribution < 1.29 is 22.8 Å². The van der Waals surface area contributed by atoms with Crippen molar-refractivity contribution in [1.29, 1.82) is 0 Å². The van der Waals surface area contributed by atoms with E-state index in [0.717, 1.165) is 79.7 Å². The van der Waals surface area contributed by atoms with Crippen molar-refractivity contribution in [3.05, 3.63) is 113 Å². The molecular formula is C36H35F3N4O2. The third-order valence-electron chi connectivity index (χ3n) is 8.74. The molecule has 4 aromatic rings. The van der Waals surface area contributed by atoms with Gasteiger partial charge in [0.1, 0.15) is 0 Å². The fourth-order valence-electron chi connectivity index (χ4n) is 6.46. The Bertz CT molecular complexity index is 1650. The lowest BCUT2D eigenvalue weighted by atomic mass is 9.95. The van der Waals surface area contributed by atoms with Crippen LogP contribution in [0.15, 0.2) is 91.1 Å². The normalized spacial score (nSPS) is 16.6. The number of carbonyl (C=O) groups excluding carboxylic acids is 2. The van der Waals surface area contributed by atoms with Crippen LogP contribution in [-0.4, -0.2) is 53.7 Å². The van der Waals surface area contributed by atoms with Gasteiger partial charge < -0.3 is 10.2 Å². The minimum absolute atomic E-state index is 0.0507. The highest BCUT2D eigenvalue weighted by Crippen LogP contribution is 2.45. The lowest BCUT2D eigenvalue weighted by molar-refractivity contribution is -0.170. The van der Waals surface area contributed by atoms with E-state index in [1.54, 1.807) is 24.4 Å². The fraction of sp³-hybridized carbons (Fsp3) is 0.306. The number of aryl methyl sites for hydroxylation is 1. The van der Waals surface area contributed by atoms with Crippen LogP contribution in [0.3, 0.4) is 0 Å². The molecule has 1 saturated heterocycles. The molecule has 1 aliphatic carbocycles. The number of amides is 2. The average molecular weight is 613 g/mol. The van der Waals surface area contributed by atoms with E-state index in [9.17, 15) is 22.8 Å². The van der Waals surface area contributed by atoms with Crippen LogP contribution in [0.25, 0.3) is 22.4 Å². The number of piperidine rings is 1. The molecule has 0 bridgehead atoms. The molecular weight excluding hydrogens is 577 g/mol. The van der Waals surface area contributed by atoms with Crippen molar-refractivity contribution in [2.75, 3.05) is 19.6 Å². The molecule has 232 valence electrons. The Morgan fingerprint density at radius 2 is 1.58 bits per heavy atom. The van der Waals surface area contributed by atoms with Gasteiger partial charge >= 0.3 is 6.30 Å². The molecule has 9 heteroatoms. The standard InChI is InChI=1S/C36H35F3N4O2/c37-36(38,39)42-35(45)33-29-9-2-1-8-28(29)31-23-24(11-16-30(31)33)7-4-6-20-43-21-17-27(18-22-43)41-34(44)26-14-12-25(13-15-26)32-10-3-5-19-40-32/h1-3,5,8-16,19,23,27,33H,4,6-7,17-18,20-22H2,(H,41,44)(H,42,45). The van der Waals surface area contributed by atoms with E-state index in [1.165, 1.54) is 5.32 Å². The SMILES string of the molecule is O=C(NC1CCN(CCCCc2ccc3c(c2)-c2ccccc2C3C(=O)NC(F)(F)F)CC1)c1ccc(-c2ccccn2)cc1. The number of aromatic nitrogens is 1. The second-order valence-electron chi connectivity index (χ2n) is 11.8. The molecule has 2 N–H and O–H groups in total. The van der Waals surface area contributed by atoms with Gasteiger partial charge in [-0.15, -0.1) is 0 Å². The minimum atomic E-state index is -4.77. The molecule has 0 spiro atoms. The molecule has 2 heterocycles. The summed E-state index contributed by atoms with van der Waals surface area (Å²) in [5.74, 6) is -2.08. The number of carbonyl (C=O) groups is 2. The van der Waals surface area contributed by atoms with Crippen molar-refractivity contribution >= 4 is 11.8 Å². The highest BCUT2D eigenvalue weighted by molar-refractivity contribution is 5.96. The van der Waals surface area contributed by atoms with E-state index in [-0.39, 0.29) is 11.9 Å². The molecule has 2 amide bonds. The molecule has 6 rings (SSSR count). The number of alkyl halides is 3. The third kappa shape index (κ3) is 7.26. The predicted octanol–water partition coefficient (Wildman–Crippen LogP) is 6.71.